The van der Waals surface area contributed by atoms with Gasteiger partial charge in [0.1, 0.15) is 4.88 Å². The van der Waals surface area contributed by atoms with Gasteiger partial charge < -0.3 is 10.4 Å². The van der Waals surface area contributed by atoms with Crippen LogP contribution in [0.15, 0.2) is 18.3 Å². The Morgan fingerprint density at radius 1 is 1.37 bits per heavy atom. The Morgan fingerprint density at radius 3 is 2.58 bits per heavy atom. The Bertz CT molecular complexity index is 603. The summed E-state index contributed by atoms with van der Waals surface area (Å²) < 4.78 is 0. The number of carbonyl (C=O) groups is 2. The van der Waals surface area contributed by atoms with Crippen LogP contribution < -0.4 is 5.32 Å². The van der Waals surface area contributed by atoms with Gasteiger partial charge in [0, 0.05) is 12.6 Å². The predicted molar refractivity (Wildman–Crippen MR) is 71.3 cm³/mol. The first-order valence-corrected chi connectivity index (χ1v) is 6.23. The van der Waals surface area contributed by atoms with Gasteiger partial charge in [-0.2, -0.15) is 0 Å². The number of aromatic carboxylic acids is 1. The van der Waals surface area contributed by atoms with E-state index in [9.17, 15) is 9.59 Å². The van der Waals surface area contributed by atoms with Crippen LogP contribution in [0.4, 0.5) is 10.8 Å². The first-order valence-electron chi connectivity index (χ1n) is 5.42. The van der Waals surface area contributed by atoms with Gasteiger partial charge in [0.15, 0.2) is 16.6 Å². The fourth-order valence-corrected chi connectivity index (χ4v) is 2.29. The molecule has 0 atom stereocenters. The van der Waals surface area contributed by atoms with E-state index in [1.54, 1.807) is 12.3 Å². The number of carboxylic acid groups (broad SMARTS) is 1. The summed E-state index contributed by atoms with van der Waals surface area (Å²) in [7, 11) is 0. The van der Waals surface area contributed by atoms with Crippen molar-refractivity contribution in [2.24, 2.45) is 0 Å². The van der Waals surface area contributed by atoms with Gasteiger partial charge >= 0.3 is 5.97 Å². The van der Waals surface area contributed by atoms with Crippen LogP contribution in [0.2, 0.25) is 0 Å². The number of carboxylic acids is 1. The second-order valence-corrected chi connectivity index (χ2v) is 4.87. The number of carbonyl (C=O) groups excluding carboxylic acids is 1. The molecule has 98 valence electrons. The van der Waals surface area contributed by atoms with E-state index in [-0.39, 0.29) is 16.4 Å². The number of thiazole rings is 1. The fraction of sp³-hybridized carbons (Fsp3) is 0.167. The fourth-order valence-electron chi connectivity index (χ4n) is 1.42. The molecule has 0 saturated heterocycles. The smallest absolute Gasteiger partial charge is 0.356 e. The van der Waals surface area contributed by atoms with Crippen molar-refractivity contribution >= 4 is 33.9 Å². The number of aromatic nitrogens is 2. The maximum Gasteiger partial charge on any atom is 0.356 e. The molecule has 0 saturated carbocycles. The first kappa shape index (κ1) is 13.2. The molecular formula is C12H11N3O3S. The summed E-state index contributed by atoms with van der Waals surface area (Å²) in [4.78, 5) is 30.5. The van der Waals surface area contributed by atoms with Gasteiger partial charge in [-0.05, 0) is 19.1 Å². The van der Waals surface area contributed by atoms with Crippen LogP contribution in [0.5, 0.6) is 0 Å². The molecule has 6 nitrogen and oxygen atoms in total. The highest BCUT2D eigenvalue weighted by atomic mass is 32.1. The Kier molecular flexibility index (Phi) is 3.57. The number of hydrogen-bond donors (Lipinski definition) is 2. The number of Topliss-reactive ketones (excluding diaryl/α,β-unsaturated/α-hetero) is 1. The SMILES string of the molecule is CC(=O)c1sc(Nc2ccc(C)nc2)nc1C(=O)O. The standard InChI is InChI=1S/C12H11N3O3S/c1-6-3-4-8(5-13-6)14-12-15-9(11(17)18)10(19-12)7(2)16/h3-5H,1-2H3,(H,14,15)(H,17,18). The minimum absolute atomic E-state index is 0.134. The van der Waals surface area contributed by atoms with E-state index in [1.165, 1.54) is 6.92 Å². The molecule has 2 aromatic heterocycles. The number of hydrogen-bond acceptors (Lipinski definition) is 6. The van der Waals surface area contributed by atoms with Crippen molar-refractivity contribution in [3.8, 4) is 0 Å². The Labute approximate surface area is 113 Å². The number of nitrogens with one attached hydrogen (secondary N) is 1. The molecule has 0 bridgehead atoms. The second kappa shape index (κ2) is 5.15. The van der Waals surface area contributed by atoms with Gasteiger partial charge in [-0.1, -0.05) is 11.3 Å². The second-order valence-electron chi connectivity index (χ2n) is 3.87. The molecule has 0 spiro atoms. The monoisotopic (exact) mass is 277 g/mol. The molecule has 2 heterocycles. The van der Waals surface area contributed by atoms with Gasteiger partial charge in [-0.15, -0.1) is 0 Å². The zero-order valence-corrected chi connectivity index (χ0v) is 11.1. The highest BCUT2D eigenvalue weighted by molar-refractivity contribution is 7.17. The molecular weight excluding hydrogens is 266 g/mol. The minimum Gasteiger partial charge on any atom is -0.476 e. The zero-order chi connectivity index (χ0) is 14.0. The summed E-state index contributed by atoms with van der Waals surface area (Å²) in [5.41, 5.74) is 1.34. The highest BCUT2D eigenvalue weighted by Crippen LogP contribution is 2.26. The molecule has 0 aliphatic rings. The van der Waals surface area contributed by atoms with Gasteiger partial charge in [-0.25, -0.2) is 9.78 Å². The molecule has 2 rings (SSSR count). The number of rotatable bonds is 4. The Hall–Kier alpha value is -2.28. The lowest BCUT2D eigenvalue weighted by atomic mass is 10.3. The van der Waals surface area contributed by atoms with Crippen molar-refractivity contribution < 1.29 is 14.7 Å². The summed E-state index contributed by atoms with van der Waals surface area (Å²) in [6.45, 7) is 3.18. The summed E-state index contributed by atoms with van der Waals surface area (Å²) in [6, 6.07) is 3.62. The van der Waals surface area contributed by atoms with E-state index in [0.717, 1.165) is 17.0 Å². The molecule has 0 aromatic carbocycles. The highest BCUT2D eigenvalue weighted by Gasteiger charge is 2.20. The van der Waals surface area contributed by atoms with Crippen LogP contribution in [0, 0.1) is 6.92 Å². The number of anilines is 2. The summed E-state index contributed by atoms with van der Waals surface area (Å²) in [5, 5.41) is 12.3. The first-order chi connectivity index (χ1) is 8.97. The van der Waals surface area contributed by atoms with Crippen LogP contribution in [0.25, 0.3) is 0 Å². The van der Waals surface area contributed by atoms with Crippen molar-refractivity contribution in [2.75, 3.05) is 5.32 Å². The third-order valence-corrected chi connectivity index (χ3v) is 3.38. The molecule has 0 amide bonds. The Balaban J connectivity index is 2.31. The van der Waals surface area contributed by atoms with Crippen LogP contribution in [0.3, 0.4) is 0 Å². The molecule has 0 unspecified atom stereocenters. The van der Waals surface area contributed by atoms with Gasteiger partial charge in [-0.3, -0.25) is 9.78 Å². The van der Waals surface area contributed by atoms with Crippen molar-refractivity contribution in [3.05, 3.63) is 34.6 Å². The van der Waals surface area contributed by atoms with Crippen molar-refractivity contribution in [1.29, 1.82) is 0 Å². The number of aryl methyl sites for hydroxylation is 1. The quantitative estimate of drug-likeness (QED) is 0.834. The van der Waals surface area contributed by atoms with Crippen LogP contribution >= 0.6 is 11.3 Å². The van der Waals surface area contributed by atoms with Crippen molar-refractivity contribution in [1.82, 2.24) is 9.97 Å². The summed E-state index contributed by atoms with van der Waals surface area (Å²) >= 11 is 1.01. The molecule has 2 aromatic rings. The topological polar surface area (TPSA) is 92.2 Å². The zero-order valence-electron chi connectivity index (χ0n) is 10.3. The molecule has 0 aliphatic carbocycles. The van der Waals surface area contributed by atoms with Crippen molar-refractivity contribution in [2.45, 2.75) is 13.8 Å². The van der Waals surface area contributed by atoms with Crippen LogP contribution in [-0.4, -0.2) is 26.8 Å². The van der Waals surface area contributed by atoms with Crippen molar-refractivity contribution in [3.63, 3.8) is 0 Å². The molecule has 0 radical (unpaired) electrons. The molecule has 19 heavy (non-hydrogen) atoms. The average molecular weight is 277 g/mol. The Morgan fingerprint density at radius 2 is 2.11 bits per heavy atom. The normalized spacial score (nSPS) is 10.2. The van der Waals surface area contributed by atoms with E-state index in [2.05, 4.69) is 15.3 Å². The maximum absolute atomic E-state index is 11.3. The summed E-state index contributed by atoms with van der Waals surface area (Å²) in [6.07, 6.45) is 1.62. The number of pyridine rings is 1. The predicted octanol–water partition coefficient (Wildman–Crippen LogP) is 2.49. The third-order valence-electron chi connectivity index (χ3n) is 2.31. The molecule has 2 N–H and O–H groups in total. The largest absolute Gasteiger partial charge is 0.476 e. The van der Waals surface area contributed by atoms with E-state index < -0.39 is 5.97 Å². The molecule has 0 fully saturated rings. The third kappa shape index (κ3) is 2.94. The number of ketones is 1. The van der Waals surface area contributed by atoms with Gasteiger partial charge in [0.05, 0.1) is 11.9 Å². The lowest BCUT2D eigenvalue weighted by Gasteiger charge is -2.01. The lowest BCUT2D eigenvalue weighted by molar-refractivity contribution is 0.0687. The van der Waals surface area contributed by atoms with E-state index in [4.69, 9.17) is 5.11 Å². The minimum atomic E-state index is -1.21. The maximum atomic E-state index is 11.3. The van der Waals surface area contributed by atoms with Crippen LogP contribution in [-0.2, 0) is 0 Å². The number of nitrogens with zero attached hydrogens (tertiary/aromatic N) is 2. The van der Waals surface area contributed by atoms with E-state index >= 15 is 0 Å². The van der Waals surface area contributed by atoms with Crippen LogP contribution in [0.1, 0.15) is 32.8 Å². The van der Waals surface area contributed by atoms with Gasteiger partial charge in [0.2, 0.25) is 0 Å². The van der Waals surface area contributed by atoms with Gasteiger partial charge in [0.25, 0.3) is 0 Å². The summed E-state index contributed by atoms with van der Waals surface area (Å²) in [5.74, 6) is -1.53. The molecule has 0 aliphatic heterocycles. The molecule has 7 heteroatoms. The average Bonchev–Trinajstić information content (AvgIpc) is 2.76. The lowest BCUT2D eigenvalue weighted by Crippen LogP contribution is -2.03. The van der Waals surface area contributed by atoms with E-state index in [0.29, 0.717) is 10.8 Å². The van der Waals surface area contributed by atoms with E-state index in [1.807, 2.05) is 13.0 Å².